The van der Waals surface area contributed by atoms with Crippen LogP contribution >= 0.6 is 11.6 Å². The van der Waals surface area contributed by atoms with Gasteiger partial charge in [-0.05, 0) is 89.9 Å². The van der Waals surface area contributed by atoms with E-state index in [0.717, 1.165) is 96.7 Å². The van der Waals surface area contributed by atoms with Gasteiger partial charge < -0.3 is 23.7 Å². The molecular weight excluding hydrogens is 528 g/mol. The molecule has 3 rings (SSSR count). The Morgan fingerprint density at radius 2 is 1.70 bits per heavy atom. The van der Waals surface area contributed by atoms with Gasteiger partial charge in [0.05, 0.1) is 19.3 Å². The van der Waals surface area contributed by atoms with Crippen LogP contribution in [0.5, 0.6) is 0 Å². The molecule has 3 aliphatic rings. The van der Waals surface area contributed by atoms with Crippen LogP contribution in [0, 0.1) is 17.8 Å². The number of allylic oxidation sites excluding steroid dienone is 2. The van der Waals surface area contributed by atoms with E-state index < -0.39 is 0 Å². The SMILES string of the molecule is COC(=O)CCCCCC[C@@H]1[C@@H](/C=C/[C@@H](OC2CCCCO2)C(C)CC=C(C)C)[C@H](OC2CCCCO2)C[C@H]1Cl. The number of methoxy groups -OCH3 is 1. The molecule has 40 heavy (non-hydrogen) atoms. The summed E-state index contributed by atoms with van der Waals surface area (Å²) < 4.78 is 29.8. The molecule has 230 valence electrons. The first kappa shape index (κ1) is 33.6. The number of carbonyl (C=O) groups is 1. The van der Waals surface area contributed by atoms with Gasteiger partial charge in [0, 0.05) is 30.9 Å². The minimum Gasteiger partial charge on any atom is -0.469 e. The predicted molar refractivity (Wildman–Crippen MR) is 160 cm³/mol. The normalized spacial score (nSPS) is 30.7. The number of halogens is 1. The van der Waals surface area contributed by atoms with Crippen molar-refractivity contribution < 1.29 is 28.5 Å². The third-order valence-corrected chi connectivity index (χ3v) is 9.14. The van der Waals surface area contributed by atoms with Gasteiger partial charge in [0.1, 0.15) is 0 Å². The van der Waals surface area contributed by atoms with Crippen molar-refractivity contribution in [2.75, 3.05) is 20.3 Å². The van der Waals surface area contributed by atoms with Crippen LogP contribution in [-0.4, -0.2) is 56.5 Å². The highest BCUT2D eigenvalue weighted by Gasteiger charge is 2.42. The highest BCUT2D eigenvalue weighted by Crippen LogP contribution is 2.43. The number of hydrogen-bond donors (Lipinski definition) is 0. The smallest absolute Gasteiger partial charge is 0.305 e. The highest BCUT2D eigenvalue weighted by molar-refractivity contribution is 6.21. The Morgan fingerprint density at radius 3 is 2.35 bits per heavy atom. The standard InChI is InChI=1S/C33H55ClO6/c1-24(2)17-18-25(3)29(39-32-15-9-11-21-37-32)20-19-27-26(13-7-5-6-8-14-31(35)36-4)28(34)23-30(27)40-33-16-10-12-22-38-33/h17,19-20,25-30,32-33H,5-16,18,21-23H2,1-4H3/b20-19+/t25?,26-,27-,28-,29-,30-,32?,33?/m1/s1. The maximum atomic E-state index is 11.4. The Bertz CT molecular complexity index is 769. The minimum atomic E-state index is -0.134. The molecule has 8 atom stereocenters. The summed E-state index contributed by atoms with van der Waals surface area (Å²) in [5.41, 5.74) is 1.33. The molecule has 2 heterocycles. The summed E-state index contributed by atoms with van der Waals surface area (Å²) in [5.74, 6) is 0.768. The summed E-state index contributed by atoms with van der Waals surface area (Å²) in [6.45, 7) is 8.12. The van der Waals surface area contributed by atoms with Gasteiger partial charge in [0.25, 0.3) is 0 Å². The Kier molecular flexibility index (Phi) is 15.6. The molecule has 1 saturated carbocycles. The lowest BCUT2D eigenvalue weighted by Crippen LogP contribution is -2.32. The van der Waals surface area contributed by atoms with Gasteiger partial charge in [-0.2, -0.15) is 0 Å². The molecule has 1 aliphatic carbocycles. The fourth-order valence-corrected chi connectivity index (χ4v) is 6.60. The molecule has 3 fully saturated rings. The predicted octanol–water partition coefficient (Wildman–Crippen LogP) is 8.12. The van der Waals surface area contributed by atoms with Crippen LogP contribution in [0.1, 0.15) is 111 Å². The third-order valence-electron chi connectivity index (χ3n) is 8.63. The van der Waals surface area contributed by atoms with Crippen molar-refractivity contribution in [3.8, 4) is 0 Å². The zero-order chi connectivity index (χ0) is 28.7. The van der Waals surface area contributed by atoms with Gasteiger partial charge >= 0.3 is 5.97 Å². The van der Waals surface area contributed by atoms with Crippen LogP contribution < -0.4 is 0 Å². The second-order valence-electron chi connectivity index (χ2n) is 12.3. The number of unbranched alkanes of at least 4 members (excludes halogenated alkanes) is 3. The zero-order valence-corrected chi connectivity index (χ0v) is 26.2. The number of rotatable bonds is 16. The lowest BCUT2D eigenvalue weighted by Gasteiger charge is -2.31. The number of alkyl halides is 1. The van der Waals surface area contributed by atoms with E-state index >= 15 is 0 Å². The van der Waals surface area contributed by atoms with Crippen LogP contribution in [0.3, 0.4) is 0 Å². The molecule has 0 spiro atoms. The number of esters is 1. The van der Waals surface area contributed by atoms with Crippen molar-refractivity contribution in [3.05, 3.63) is 23.8 Å². The Hall–Kier alpha value is -0.920. The molecule has 3 unspecified atom stereocenters. The second kappa shape index (κ2) is 18.6. The topological polar surface area (TPSA) is 63.2 Å². The van der Waals surface area contributed by atoms with Gasteiger partial charge in [-0.3, -0.25) is 4.79 Å². The molecule has 0 aromatic rings. The first-order chi connectivity index (χ1) is 19.4. The molecule has 7 heteroatoms. The van der Waals surface area contributed by atoms with Crippen LogP contribution in [0.2, 0.25) is 0 Å². The Morgan fingerprint density at radius 1 is 1.00 bits per heavy atom. The largest absolute Gasteiger partial charge is 0.469 e. The third kappa shape index (κ3) is 11.8. The molecule has 0 bridgehead atoms. The van der Waals surface area contributed by atoms with Gasteiger partial charge in [-0.1, -0.05) is 50.0 Å². The van der Waals surface area contributed by atoms with Gasteiger partial charge in [0.15, 0.2) is 12.6 Å². The molecule has 0 N–H and O–H groups in total. The molecule has 6 nitrogen and oxygen atoms in total. The first-order valence-electron chi connectivity index (χ1n) is 15.9. The fraction of sp³-hybridized carbons (Fsp3) is 0.848. The maximum Gasteiger partial charge on any atom is 0.305 e. The van der Waals surface area contributed by atoms with E-state index in [4.69, 9.17) is 35.3 Å². The lowest BCUT2D eigenvalue weighted by molar-refractivity contribution is -0.193. The van der Waals surface area contributed by atoms with Crippen molar-refractivity contribution >= 4 is 17.6 Å². The van der Waals surface area contributed by atoms with Crippen molar-refractivity contribution in [2.24, 2.45) is 17.8 Å². The molecule has 2 saturated heterocycles. The van der Waals surface area contributed by atoms with Crippen LogP contribution in [0.4, 0.5) is 0 Å². The second-order valence-corrected chi connectivity index (χ2v) is 12.8. The summed E-state index contributed by atoms with van der Waals surface area (Å²) in [6, 6.07) is 0. The summed E-state index contributed by atoms with van der Waals surface area (Å²) in [7, 11) is 1.45. The van der Waals surface area contributed by atoms with Gasteiger partial charge in [-0.15, -0.1) is 11.6 Å². The molecular formula is C33H55ClO6. The summed E-state index contributed by atoms with van der Waals surface area (Å²) in [4.78, 5) is 11.4. The van der Waals surface area contributed by atoms with E-state index in [0.29, 0.717) is 18.3 Å². The average Bonchev–Trinajstić information content (AvgIpc) is 3.25. The van der Waals surface area contributed by atoms with Gasteiger partial charge in [-0.25, -0.2) is 0 Å². The van der Waals surface area contributed by atoms with Crippen molar-refractivity contribution in [3.63, 3.8) is 0 Å². The quantitative estimate of drug-likeness (QED) is 0.0792. The van der Waals surface area contributed by atoms with Crippen molar-refractivity contribution in [1.82, 2.24) is 0 Å². The molecule has 0 aromatic heterocycles. The maximum absolute atomic E-state index is 11.4. The number of ether oxygens (including phenoxy) is 5. The molecule has 2 aliphatic heterocycles. The molecule has 0 amide bonds. The summed E-state index contributed by atoms with van der Waals surface area (Å²) in [5, 5.41) is 0.0717. The van der Waals surface area contributed by atoms with Crippen LogP contribution in [0.15, 0.2) is 23.8 Å². The minimum absolute atomic E-state index is 0.0290. The monoisotopic (exact) mass is 582 g/mol. The Balaban J connectivity index is 1.68. The number of carbonyl (C=O) groups excluding carboxylic acids is 1. The van der Waals surface area contributed by atoms with E-state index in [9.17, 15) is 4.79 Å². The molecule has 0 aromatic carbocycles. The highest BCUT2D eigenvalue weighted by atomic mass is 35.5. The van der Waals surface area contributed by atoms with E-state index in [-0.39, 0.29) is 42.1 Å². The van der Waals surface area contributed by atoms with Crippen molar-refractivity contribution in [2.45, 2.75) is 141 Å². The van der Waals surface area contributed by atoms with Crippen molar-refractivity contribution in [1.29, 1.82) is 0 Å². The number of hydrogen-bond acceptors (Lipinski definition) is 6. The van der Waals surface area contributed by atoms with Crippen LogP contribution in [0.25, 0.3) is 0 Å². The summed E-state index contributed by atoms with van der Waals surface area (Å²) in [6.07, 6.45) is 20.6. The fourth-order valence-electron chi connectivity index (χ4n) is 6.13. The average molecular weight is 583 g/mol. The van der Waals surface area contributed by atoms with E-state index in [1.165, 1.54) is 12.7 Å². The van der Waals surface area contributed by atoms with E-state index in [1.54, 1.807) is 0 Å². The summed E-state index contributed by atoms with van der Waals surface area (Å²) >= 11 is 7.03. The van der Waals surface area contributed by atoms with Crippen LogP contribution in [-0.2, 0) is 28.5 Å². The lowest BCUT2D eigenvalue weighted by atomic mass is 9.88. The zero-order valence-electron chi connectivity index (χ0n) is 25.5. The first-order valence-corrected chi connectivity index (χ1v) is 16.4. The molecule has 0 radical (unpaired) electrons. The van der Waals surface area contributed by atoms with E-state index in [2.05, 4.69) is 39.0 Å². The van der Waals surface area contributed by atoms with Gasteiger partial charge in [0.2, 0.25) is 0 Å². The van der Waals surface area contributed by atoms with E-state index in [1.807, 2.05) is 0 Å². The Labute approximate surface area is 248 Å².